The first-order chi connectivity index (χ1) is 8.63. The van der Waals surface area contributed by atoms with Crippen molar-refractivity contribution < 1.29 is 4.79 Å². The van der Waals surface area contributed by atoms with Gasteiger partial charge in [0.05, 0.1) is 6.33 Å². The lowest BCUT2D eigenvalue weighted by Crippen LogP contribution is -2.07. The highest BCUT2D eigenvalue weighted by Gasteiger charge is 2.05. The van der Waals surface area contributed by atoms with Gasteiger partial charge in [0.2, 0.25) is 0 Å². The minimum absolute atomic E-state index is 0.272. The van der Waals surface area contributed by atoms with Crippen LogP contribution in [0.2, 0.25) is 0 Å². The number of Topliss-reactive ketones (excluding diaryl/α,β-unsaturated/α-hetero) is 1. The first-order valence-corrected chi connectivity index (χ1v) is 6.18. The molecule has 3 heteroatoms. The molecule has 0 saturated carbocycles. The summed E-state index contributed by atoms with van der Waals surface area (Å²) in [5, 5.41) is 0. The van der Waals surface area contributed by atoms with Gasteiger partial charge in [0.1, 0.15) is 5.78 Å². The first-order valence-electron chi connectivity index (χ1n) is 6.18. The fourth-order valence-corrected chi connectivity index (χ4v) is 2.16. The molecular weight excluding hydrogens is 224 g/mol. The number of carbonyl (C=O) groups excluding carboxylic acids is 1. The van der Waals surface area contributed by atoms with Crippen molar-refractivity contribution in [2.45, 2.75) is 33.2 Å². The molecule has 0 bridgehead atoms. The van der Waals surface area contributed by atoms with E-state index >= 15 is 0 Å². The molecule has 3 nitrogen and oxygen atoms in total. The molecule has 2 aromatic rings. The van der Waals surface area contributed by atoms with Crippen molar-refractivity contribution in [3.8, 4) is 0 Å². The number of hydrogen-bond donors (Lipinski definition) is 0. The van der Waals surface area contributed by atoms with Crippen LogP contribution in [0, 0.1) is 13.8 Å². The van der Waals surface area contributed by atoms with Crippen LogP contribution in [0.1, 0.15) is 23.1 Å². The molecule has 0 radical (unpaired) electrons. The van der Waals surface area contributed by atoms with Gasteiger partial charge in [0.25, 0.3) is 0 Å². The molecule has 18 heavy (non-hydrogen) atoms. The van der Waals surface area contributed by atoms with E-state index in [1.54, 1.807) is 12.5 Å². The van der Waals surface area contributed by atoms with Crippen molar-refractivity contribution in [1.82, 2.24) is 9.55 Å². The van der Waals surface area contributed by atoms with Crippen LogP contribution in [0.15, 0.2) is 36.9 Å². The Morgan fingerprint density at radius 1 is 1.22 bits per heavy atom. The quantitative estimate of drug-likeness (QED) is 0.808. The zero-order chi connectivity index (χ0) is 13.0. The molecule has 0 saturated heterocycles. The summed E-state index contributed by atoms with van der Waals surface area (Å²) < 4.78 is 1.93. The molecule has 1 aromatic heterocycles. The lowest BCUT2D eigenvalue weighted by Gasteiger charge is -2.05. The van der Waals surface area contributed by atoms with E-state index in [4.69, 9.17) is 0 Å². The molecule has 0 fully saturated rings. The number of ketones is 1. The summed E-state index contributed by atoms with van der Waals surface area (Å²) in [5.41, 5.74) is 3.54. The Bertz CT molecular complexity index is 509. The van der Waals surface area contributed by atoms with Gasteiger partial charge in [-0.3, -0.25) is 4.79 Å². The number of aromatic nitrogens is 2. The van der Waals surface area contributed by atoms with Gasteiger partial charge in [0.15, 0.2) is 0 Å². The van der Waals surface area contributed by atoms with Gasteiger partial charge in [-0.15, -0.1) is 0 Å². The van der Waals surface area contributed by atoms with Crippen LogP contribution in [0.4, 0.5) is 0 Å². The lowest BCUT2D eigenvalue weighted by molar-refractivity contribution is -0.118. The van der Waals surface area contributed by atoms with Crippen molar-refractivity contribution in [3.05, 3.63) is 53.6 Å². The third-order valence-corrected chi connectivity index (χ3v) is 2.89. The number of aryl methyl sites for hydroxylation is 3. The van der Waals surface area contributed by atoms with Crippen LogP contribution in [0.3, 0.4) is 0 Å². The molecule has 1 aromatic carbocycles. The summed E-state index contributed by atoms with van der Waals surface area (Å²) in [4.78, 5) is 15.9. The standard InChI is InChI=1S/C15H18N2O/c1-12-7-13(2)9-14(8-12)10-15(18)3-5-17-6-4-16-11-17/h4,6-9,11H,3,5,10H2,1-2H3. The number of rotatable bonds is 5. The highest BCUT2D eigenvalue weighted by Crippen LogP contribution is 2.10. The Labute approximate surface area is 107 Å². The molecule has 1 heterocycles. The molecular formula is C15H18N2O. The number of carbonyl (C=O) groups is 1. The number of nitrogens with zero attached hydrogens (tertiary/aromatic N) is 2. The van der Waals surface area contributed by atoms with Crippen molar-refractivity contribution in [2.75, 3.05) is 0 Å². The Balaban J connectivity index is 1.90. The van der Waals surface area contributed by atoms with Crippen molar-refractivity contribution in [1.29, 1.82) is 0 Å². The Kier molecular flexibility index (Phi) is 3.92. The fraction of sp³-hybridized carbons (Fsp3) is 0.333. The molecule has 0 spiro atoms. The smallest absolute Gasteiger partial charge is 0.139 e. The van der Waals surface area contributed by atoms with E-state index in [0.29, 0.717) is 19.4 Å². The lowest BCUT2D eigenvalue weighted by atomic mass is 10.0. The van der Waals surface area contributed by atoms with E-state index in [9.17, 15) is 4.79 Å². The van der Waals surface area contributed by atoms with Gasteiger partial charge in [-0.05, 0) is 19.4 Å². The van der Waals surface area contributed by atoms with E-state index in [0.717, 1.165) is 5.56 Å². The third-order valence-electron chi connectivity index (χ3n) is 2.89. The van der Waals surface area contributed by atoms with Gasteiger partial charge >= 0.3 is 0 Å². The van der Waals surface area contributed by atoms with Gasteiger partial charge in [-0.2, -0.15) is 0 Å². The van der Waals surface area contributed by atoms with E-state index in [2.05, 4.69) is 37.0 Å². The normalized spacial score (nSPS) is 10.6. The first kappa shape index (κ1) is 12.6. The van der Waals surface area contributed by atoms with Gasteiger partial charge in [0, 0.05) is 31.8 Å². The van der Waals surface area contributed by atoms with E-state index in [1.165, 1.54) is 11.1 Å². The van der Waals surface area contributed by atoms with Crippen LogP contribution in [-0.2, 0) is 17.8 Å². The largest absolute Gasteiger partial charge is 0.337 e. The Morgan fingerprint density at radius 3 is 2.56 bits per heavy atom. The minimum Gasteiger partial charge on any atom is -0.337 e. The molecule has 0 N–H and O–H groups in total. The zero-order valence-electron chi connectivity index (χ0n) is 10.9. The predicted molar refractivity (Wildman–Crippen MR) is 71.5 cm³/mol. The molecule has 0 amide bonds. The third kappa shape index (κ3) is 3.55. The molecule has 0 aliphatic carbocycles. The molecule has 94 valence electrons. The number of imidazole rings is 1. The van der Waals surface area contributed by atoms with Crippen LogP contribution in [0.5, 0.6) is 0 Å². The molecule has 0 aliphatic rings. The zero-order valence-corrected chi connectivity index (χ0v) is 10.9. The summed E-state index contributed by atoms with van der Waals surface area (Å²) in [7, 11) is 0. The van der Waals surface area contributed by atoms with Crippen LogP contribution in [0.25, 0.3) is 0 Å². The van der Waals surface area contributed by atoms with Crippen molar-refractivity contribution in [2.24, 2.45) is 0 Å². The van der Waals surface area contributed by atoms with E-state index in [-0.39, 0.29) is 5.78 Å². The molecule has 0 unspecified atom stereocenters. The van der Waals surface area contributed by atoms with Crippen molar-refractivity contribution >= 4 is 5.78 Å². The second kappa shape index (κ2) is 5.63. The van der Waals surface area contributed by atoms with Gasteiger partial charge in [-0.25, -0.2) is 4.98 Å². The van der Waals surface area contributed by atoms with Crippen LogP contribution >= 0.6 is 0 Å². The van der Waals surface area contributed by atoms with Gasteiger partial charge < -0.3 is 4.57 Å². The second-order valence-corrected chi connectivity index (χ2v) is 4.76. The maximum absolute atomic E-state index is 11.9. The van der Waals surface area contributed by atoms with Crippen LogP contribution < -0.4 is 0 Å². The monoisotopic (exact) mass is 242 g/mol. The SMILES string of the molecule is Cc1cc(C)cc(CC(=O)CCn2ccnc2)c1. The molecule has 0 atom stereocenters. The Hall–Kier alpha value is -1.90. The van der Waals surface area contributed by atoms with Crippen LogP contribution in [-0.4, -0.2) is 15.3 Å². The average molecular weight is 242 g/mol. The molecule has 0 aliphatic heterocycles. The maximum atomic E-state index is 11.9. The minimum atomic E-state index is 0.272. The number of hydrogen-bond acceptors (Lipinski definition) is 2. The summed E-state index contributed by atoms with van der Waals surface area (Å²) in [6.07, 6.45) is 6.43. The highest BCUT2D eigenvalue weighted by atomic mass is 16.1. The second-order valence-electron chi connectivity index (χ2n) is 4.76. The summed E-state index contributed by atoms with van der Waals surface area (Å²) >= 11 is 0. The van der Waals surface area contributed by atoms with E-state index < -0.39 is 0 Å². The average Bonchev–Trinajstić information content (AvgIpc) is 2.77. The van der Waals surface area contributed by atoms with Gasteiger partial charge in [-0.1, -0.05) is 29.3 Å². The van der Waals surface area contributed by atoms with E-state index in [1.807, 2.05) is 10.8 Å². The summed E-state index contributed by atoms with van der Waals surface area (Å²) in [5.74, 6) is 0.272. The number of benzene rings is 1. The van der Waals surface area contributed by atoms with Crippen molar-refractivity contribution in [3.63, 3.8) is 0 Å². The maximum Gasteiger partial charge on any atom is 0.139 e. The molecule has 2 rings (SSSR count). The fourth-order valence-electron chi connectivity index (χ4n) is 2.16. The topological polar surface area (TPSA) is 34.9 Å². The summed E-state index contributed by atoms with van der Waals surface area (Å²) in [6, 6.07) is 6.30. The highest BCUT2D eigenvalue weighted by molar-refractivity contribution is 5.80. The Morgan fingerprint density at radius 2 is 1.94 bits per heavy atom. The summed E-state index contributed by atoms with van der Waals surface area (Å²) in [6.45, 7) is 4.84. The predicted octanol–water partition coefficient (Wildman–Crippen LogP) is 2.70.